The zero-order valence-corrected chi connectivity index (χ0v) is 14.6. The first kappa shape index (κ1) is 21.2. The molecule has 1 aromatic rings. The number of hydrogen-bond donors (Lipinski definition) is 1. The van der Waals surface area contributed by atoms with Gasteiger partial charge in [-0.15, -0.1) is 0 Å². The van der Waals surface area contributed by atoms with Gasteiger partial charge in [-0.25, -0.2) is 4.79 Å². The summed E-state index contributed by atoms with van der Waals surface area (Å²) in [6.45, 7) is 3.63. The fourth-order valence-electron chi connectivity index (χ4n) is 1.94. The van der Waals surface area contributed by atoms with Gasteiger partial charge in [-0.1, -0.05) is 11.8 Å². The van der Waals surface area contributed by atoms with Gasteiger partial charge in [0.25, 0.3) is 0 Å². The Bertz CT molecular complexity index is 709. The summed E-state index contributed by atoms with van der Waals surface area (Å²) >= 11 is 0. The lowest BCUT2D eigenvalue weighted by Crippen LogP contribution is -2.09. The van der Waals surface area contributed by atoms with E-state index in [2.05, 4.69) is 11.8 Å². The fraction of sp³-hybridized carbons (Fsp3) is 0.438. The lowest BCUT2D eigenvalue weighted by molar-refractivity contribution is -0.137. The average Bonchev–Trinajstić information content (AvgIpc) is 2.51. The normalized spacial score (nSPS) is 11.7. The summed E-state index contributed by atoms with van der Waals surface area (Å²) in [7, 11) is -3.33. The Hall–Kier alpha value is -1.81. The van der Waals surface area contributed by atoms with E-state index in [4.69, 9.17) is 14.2 Å². The Morgan fingerprint density at radius 2 is 1.84 bits per heavy atom. The molecule has 0 saturated heterocycles. The lowest BCUT2D eigenvalue weighted by atomic mass is 10.0. The van der Waals surface area contributed by atoms with E-state index < -0.39 is 30.9 Å². The van der Waals surface area contributed by atoms with E-state index in [1.807, 2.05) is 0 Å². The van der Waals surface area contributed by atoms with Gasteiger partial charge in [0.1, 0.15) is 0 Å². The molecule has 0 fully saturated rings. The quantitative estimate of drug-likeness (QED) is 0.562. The van der Waals surface area contributed by atoms with E-state index in [1.165, 1.54) is 0 Å². The molecule has 0 spiro atoms. The van der Waals surface area contributed by atoms with Gasteiger partial charge < -0.3 is 14.2 Å². The molecule has 0 unspecified atom stereocenters. The summed E-state index contributed by atoms with van der Waals surface area (Å²) < 4.78 is 61.3. The van der Waals surface area contributed by atoms with Crippen molar-refractivity contribution < 1.29 is 36.7 Å². The predicted molar refractivity (Wildman–Crippen MR) is 85.6 cm³/mol. The van der Waals surface area contributed by atoms with Crippen molar-refractivity contribution in [3.05, 3.63) is 34.9 Å². The second-order valence-corrected chi connectivity index (χ2v) is 6.97. The van der Waals surface area contributed by atoms with E-state index in [-0.39, 0.29) is 31.4 Å². The van der Waals surface area contributed by atoms with Crippen LogP contribution in [-0.4, -0.2) is 30.5 Å². The summed E-state index contributed by atoms with van der Waals surface area (Å²) in [4.78, 5) is 10.9. The molecule has 5 nitrogen and oxygen atoms in total. The number of alkyl halides is 3. The van der Waals surface area contributed by atoms with Gasteiger partial charge in [0.05, 0.1) is 30.5 Å². The molecule has 1 rings (SSSR count). The monoisotopic (exact) mass is 378 g/mol. The van der Waals surface area contributed by atoms with Crippen LogP contribution in [0.25, 0.3) is 0 Å². The van der Waals surface area contributed by atoms with Crippen molar-refractivity contribution in [1.82, 2.24) is 0 Å². The molecular formula is C16H18F3O5P. The smallest absolute Gasteiger partial charge is 0.417 e. The Kier molecular flexibility index (Phi) is 7.68. The predicted octanol–water partition coefficient (Wildman–Crippen LogP) is 4.41. The van der Waals surface area contributed by atoms with Crippen LogP contribution in [0.2, 0.25) is 0 Å². The van der Waals surface area contributed by atoms with Crippen molar-refractivity contribution in [2.75, 3.05) is 19.4 Å². The van der Waals surface area contributed by atoms with Crippen molar-refractivity contribution in [3.63, 3.8) is 0 Å². The number of hydrogen-bond acceptors (Lipinski definition) is 4. The third-order valence-corrected chi connectivity index (χ3v) is 5.03. The number of halogens is 3. The first-order valence-corrected chi connectivity index (χ1v) is 9.17. The van der Waals surface area contributed by atoms with E-state index in [0.29, 0.717) is 6.07 Å². The topological polar surface area (TPSA) is 72.8 Å². The molecular weight excluding hydrogens is 360 g/mol. The largest absolute Gasteiger partial charge is 0.478 e. The molecule has 25 heavy (non-hydrogen) atoms. The van der Waals surface area contributed by atoms with Gasteiger partial charge in [0.2, 0.25) is 0 Å². The van der Waals surface area contributed by atoms with Crippen LogP contribution in [0, 0.1) is 11.8 Å². The molecule has 0 aliphatic rings. The van der Waals surface area contributed by atoms with Crippen LogP contribution in [0.3, 0.4) is 0 Å². The molecule has 0 bridgehead atoms. The van der Waals surface area contributed by atoms with Crippen LogP contribution < -0.4 is 0 Å². The number of aromatic carboxylic acids is 1. The molecule has 0 atom stereocenters. The minimum atomic E-state index is -4.66. The van der Waals surface area contributed by atoms with Gasteiger partial charge in [-0.2, -0.15) is 13.2 Å². The second-order valence-electron chi connectivity index (χ2n) is 4.79. The molecule has 9 heteroatoms. The van der Waals surface area contributed by atoms with Crippen LogP contribution >= 0.6 is 7.60 Å². The average molecular weight is 378 g/mol. The third-order valence-electron chi connectivity index (χ3n) is 2.96. The highest BCUT2D eigenvalue weighted by Gasteiger charge is 2.33. The third kappa shape index (κ3) is 6.54. The van der Waals surface area contributed by atoms with Crippen molar-refractivity contribution in [2.24, 2.45) is 0 Å². The van der Waals surface area contributed by atoms with Gasteiger partial charge in [-0.05, 0) is 32.0 Å². The minimum Gasteiger partial charge on any atom is -0.478 e. The van der Waals surface area contributed by atoms with Crippen molar-refractivity contribution in [1.29, 1.82) is 0 Å². The second kappa shape index (κ2) is 9.04. The first-order chi connectivity index (χ1) is 11.6. The van der Waals surface area contributed by atoms with Gasteiger partial charge in [0.15, 0.2) is 0 Å². The number of carboxylic acids is 1. The SMILES string of the molecule is CCOP(=O)(CCC#Cc1cc(C(=O)O)ccc1C(F)(F)F)OCC. The molecule has 1 N–H and O–H groups in total. The van der Waals surface area contributed by atoms with Crippen LogP contribution in [0.15, 0.2) is 18.2 Å². The van der Waals surface area contributed by atoms with E-state index >= 15 is 0 Å². The number of carbonyl (C=O) groups is 1. The highest BCUT2D eigenvalue weighted by molar-refractivity contribution is 7.53. The van der Waals surface area contributed by atoms with Gasteiger partial charge in [0, 0.05) is 12.0 Å². The van der Waals surface area contributed by atoms with Crippen LogP contribution in [0.5, 0.6) is 0 Å². The fourth-order valence-corrected chi connectivity index (χ4v) is 3.44. The molecule has 0 aromatic heterocycles. The number of benzene rings is 1. The summed E-state index contributed by atoms with van der Waals surface area (Å²) in [5.41, 5.74) is -1.77. The van der Waals surface area contributed by atoms with Crippen molar-refractivity contribution >= 4 is 13.6 Å². The van der Waals surface area contributed by atoms with Crippen molar-refractivity contribution in [3.8, 4) is 11.8 Å². The van der Waals surface area contributed by atoms with E-state index in [1.54, 1.807) is 13.8 Å². The lowest BCUT2D eigenvalue weighted by Gasteiger charge is -2.15. The Morgan fingerprint density at radius 3 is 2.32 bits per heavy atom. The maximum atomic E-state index is 13.0. The molecule has 0 radical (unpaired) electrons. The zero-order valence-electron chi connectivity index (χ0n) is 13.7. The van der Waals surface area contributed by atoms with Crippen LogP contribution in [0.1, 0.15) is 41.8 Å². The Labute approximate surface area is 143 Å². The highest BCUT2D eigenvalue weighted by Crippen LogP contribution is 2.48. The molecule has 1 aromatic carbocycles. The molecule has 0 amide bonds. The Morgan fingerprint density at radius 1 is 1.24 bits per heavy atom. The highest BCUT2D eigenvalue weighted by atomic mass is 31.2. The van der Waals surface area contributed by atoms with Gasteiger partial charge in [-0.3, -0.25) is 4.57 Å². The standard InChI is InChI=1S/C16H18F3O5P/c1-3-23-25(22,24-4-2)10-6-5-7-12-11-13(15(20)21)8-9-14(12)16(17,18)19/h8-9,11H,3-4,6,10H2,1-2H3,(H,20,21). The zero-order chi connectivity index (χ0) is 19.1. The maximum absolute atomic E-state index is 13.0. The molecule has 0 heterocycles. The summed E-state index contributed by atoms with van der Waals surface area (Å²) in [5, 5.41) is 8.90. The maximum Gasteiger partial charge on any atom is 0.417 e. The molecule has 0 saturated carbocycles. The summed E-state index contributed by atoms with van der Waals surface area (Å²) in [6, 6.07) is 2.41. The minimum absolute atomic E-state index is 0.0220. The van der Waals surface area contributed by atoms with Crippen molar-refractivity contribution in [2.45, 2.75) is 26.4 Å². The number of rotatable bonds is 7. The summed E-state index contributed by atoms with van der Waals surface area (Å²) in [6.07, 6.45) is -4.75. The van der Waals surface area contributed by atoms with Crippen LogP contribution in [-0.2, 0) is 19.8 Å². The van der Waals surface area contributed by atoms with Crippen LogP contribution in [0.4, 0.5) is 13.2 Å². The molecule has 138 valence electrons. The van der Waals surface area contributed by atoms with E-state index in [9.17, 15) is 22.5 Å². The first-order valence-electron chi connectivity index (χ1n) is 7.44. The van der Waals surface area contributed by atoms with E-state index in [0.717, 1.165) is 12.1 Å². The molecule has 0 aliphatic carbocycles. The number of carboxylic acid groups (broad SMARTS) is 1. The summed E-state index contributed by atoms with van der Waals surface area (Å²) in [5.74, 6) is 3.43. The Balaban J connectivity index is 3.02. The molecule has 0 aliphatic heterocycles. The van der Waals surface area contributed by atoms with Gasteiger partial charge >= 0.3 is 19.7 Å².